The van der Waals surface area contributed by atoms with E-state index in [1.807, 2.05) is 12.1 Å². The van der Waals surface area contributed by atoms with Crippen LogP contribution >= 0.6 is 15.9 Å². The Labute approximate surface area is 141 Å². The predicted octanol–water partition coefficient (Wildman–Crippen LogP) is 4.65. The Bertz CT molecular complexity index is 1040. The van der Waals surface area contributed by atoms with E-state index in [-0.39, 0.29) is 0 Å². The molecule has 0 saturated carbocycles. The molecule has 4 rings (SSSR count). The molecule has 4 nitrogen and oxygen atoms in total. The number of ether oxygens (including phenoxy) is 1. The lowest BCUT2D eigenvalue weighted by atomic mass is 10.1. The highest BCUT2D eigenvalue weighted by Gasteiger charge is 2.12. The number of rotatable bonds is 2. The molecule has 0 spiro atoms. The summed E-state index contributed by atoms with van der Waals surface area (Å²) in [5.74, 6) is 1.62. The Morgan fingerprint density at radius 3 is 2.78 bits per heavy atom. The largest absolute Gasteiger partial charge is 0.495 e. The number of benzene rings is 2. The van der Waals surface area contributed by atoms with Gasteiger partial charge in [0.25, 0.3) is 0 Å². The molecule has 0 unspecified atom stereocenters. The average molecular weight is 368 g/mol. The van der Waals surface area contributed by atoms with Crippen molar-refractivity contribution in [2.24, 2.45) is 0 Å². The van der Waals surface area contributed by atoms with Crippen LogP contribution in [0.15, 0.2) is 53.4 Å². The molecule has 0 radical (unpaired) electrons. The monoisotopic (exact) mass is 367 g/mol. The first-order chi connectivity index (χ1) is 11.2. The van der Waals surface area contributed by atoms with Gasteiger partial charge in [-0.15, -0.1) is 0 Å². The van der Waals surface area contributed by atoms with Gasteiger partial charge < -0.3 is 9.30 Å². The summed E-state index contributed by atoms with van der Waals surface area (Å²) in [7, 11) is 1.65. The minimum absolute atomic E-state index is 0.760. The van der Waals surface area contributed by atoms with Crippen LogP contribution in [0.5, 0.6) is 5.75 Å². The van der Waals surface area contributed by atoms with Gasteiger partial charge in [0, 0.05) is 23.0 Å². The Balaban J connectivity index is 2.05. The molecule has 2 heterocycles. The van der Waals surface area contributed by atoms with Crippen molar-refractivity contribution in [2.45, 2.75) is 6.92 Å². The van der Waals surface area contributed by atoms with E-state index in [9.17, 15) is 0 Å². The molecule has 0 atom stereocenters. The zero-order valence-corrected chi connectivity index (χ0v) is 14.3. The van der Waals surface area contributed by atoms with Gasteiger partial charge >= 0.3 is 0 Å². The number of aryl methyl sites for hydroxylation is 1. The first-order valence-corrected chi connectivity index (χ1v) is 8.03. The number of hydrogen-bond acceptors (Lipinski definition) is 3. The fourth-order valence-corrected chi connectivity index (χ4v) is 3.40. The predicted molar refractivity (Wildman–Crippen MR) is 95.4 cm³/mol. The van der Waals surface area contributed by atoms with Crippen LogP contribution in [-0.4, -0.2) is 21.6 Å². The fraction of sp³-hybridized carbons (Fsp3) is 0.111. The quantitative estimate of drug-likeness (QED) is 0.517. The fourth-order valence-electron chi connectivity index (χ4n) is 2.90. The van der Waals surface area contributed by atoms with Gasteiger partial charge in [0.15, 0.2) is 0 Å². The second-order valence-corrected chi connectivity index (χ2v) is 6.25. The zero-order chi connectivity index (χ0) is 16.0. The van der Waals surface area contributed by atoms with Gasteiger partial charge in [0.1, 0.15) is 17.9 Å². The maximum atomic E-state index is 5.36. The number of nitrogens with zero attached hydrogens (tertiary/aromatic N) is 3. The van der Waals surface area contributed by atoms with Gasteiger partial charge in [-0.25, -0.2) is 9.97 Å². The zero-order valence-electron chi connectivity index (χ0n) is 12.7. The summed E-state index contributed by atoms with van der Waals surface area (Å²) >= 11 is 3.55. The van der Waals surface area contributed by atoms with Crippen LogP contribution in [0.1, 0.15) is 5.56 Å². The second kappa shape index (κ2) is 5.35. The number of halogens is 1. The van der Waals surface area contributed by atoms with Crippen molar-refractivity contribution in [1.82, 2.24) is 14.5 Å². The van der Waals surface area contributed by atoms with Crippen molar-refractivity contribution < 1.29 is 4.74 Å². The number of fused-ring (bicyclic) bond motifs is 2. The summed E-state index contributed by atoms with van der Waals surface area (Å²) in [4.78, 5) is 8.89. The Hall–Kier alpha value is -2.40. The van der Waals surface area contributed by atoms with Gasteiger partial charge in [0.05, 0.1) is 22.6 Å². The van der Waals surface area contributed by atoms with Crippen LogP contribution in [0.25, 0.3) is 27.6 Å². The lowest BCUT2D eigenvalue weighted by Crippen LogP contribution is -1.99. The minimum Gasteiger partial charge on any atom is -0.495 e. The molecule has 0 amide bonds. The molecular formula is C18H14BrN3O. The van der Waals surface area contributed by atoms with E-state index in [2.05, 4.69) is 67.9 Å². The summed E-state index contributed by atoms with van der Waals surface area (Å²) in [6, 6.07) is 12.3. The summed E-state index contributed by atoms with van der Waals surface area (Å²) in [6.45, 7) is 2.12. The summed E-state index contributed by atoms with van der Waals surface area (Å²) < 4.78 is 8.34. The molecular weight excluding hydrogens is 354 g/mol. The van der Waals surface area contributed by atoms with E-state index in [0.29, 0.717) is 0 Å². The van der Waals surface area contributed by atoms with Gasteiger partial charge in [-0.2, -0.15) is 0 Å². The van der Waals surface area contributed by atoms with Gasteiger partial charge in [0.2, 0.25) is 0 Å². The maximum absolute atomic E-state index is 5.36. The molecule has 0 aliphatic carbocycles. The van der Waals surface area contributed by atoms with Crippen molar-refractivity contribution >= 4 is 37.7 Å². The molecule has 114 valence electrons. The third kappa shape index (κ3) is 2.19. The van der Waals surface area contributed by atoms with Gasteiger partial charge in [-0.1, -0.05) is 12.1 Å². The van der Waals surface area contributed by atoms with Gasteiger partial charge in [-0.3, -0.25) is 0 Å². The van der Waals surface area contributed by atoms with Crippen LogP contribution < -0.4 is 4.74 Å². The Kier molecular flexibility index (Phi) is 3.31. The van der Waals surface area contributed by atoms with Crippen LogP contribution in [0.3, 0.4) is 0 Å². The van der Waals surface area contributed by atoms with Crippen molar-refractivity contribution in [2.75, 3.05) is 7.11 Å². The summed E-state index contributed by atoms with van der Waals surface area (Å²) in [6.07, 6.45) is 3.64. The Morgan fingerprint density at radius 1 is 1.09 bits per heavy atom. The van der Waals surface area contributed by atoms with Crippen molar-refractivity contribution in [3.05, 3.63) is 59.0 Å². The van der Waals surface area contributed by atoms with E-state index < -0.39 is 0 Å². The lowest BCUT2D eigenvalue weighted by molar-refractivity contribution is 0.412. The third-order valence-corrected chi connectivity index (χ3v) is 4.69. The summed E-state index contributed by atoms with van der Waals surface area (Å²) in [5, 5.41) is 2.20. The molecule has 2 aromatic heterocycles. The lowest BCUT2D eigenvalue weighted by Gasteiger charge is -2.10. The van der Waals surface area contributed by atoms with Crippen molar-refractivity contribution in [3.8, 4) is 11.6 Å². The van der Waals surface area contributed by atoms with Crippen molar-refractivity contribution in [3.63, 3.8) is 0 Å². The van der Waals surface area contributed by atoms with Crippen LogP contribution in [-0.2, 0) is 0 Å². The number of methoxy groups -OCH3 is 1. The van der Waals surface area contributed by atoms with Crippen LogP contribution in [0, 0.1) is 6.92 Å². The Morgan fingerprint density at radius 2 is 1.96 bits per heavy atom. The smallest absolute Gasteiger partial charge is 0.148 e. The standard InChI is InChI=1S/C18H14BrN3O/c1-11-4-3-5-16-12(11)6-7-22(16)18-13-8-14(19)17(23-2)9-15(13)20-10-21-18/h3-10H,1-2H3. The van der Waals surface area contributed by atoms with E-state index in [1.54, 1.807) is 13.4 Å². The topological polar surface area (TPSA) is 39.9 Å². The highest BCUT2D eigenvalue weighted by Crippen LogP contribution is 2.32. The van der Waals surface area contributed by atoms with Crippen LogP contribution in [0.2, 0.25) is 0 Å². The van der Waals surface area contributed by atoms with E-state index in [0.717, 1.165) is 32.5 Å². The maximum Gasteiger partial charge on any atom is 0.148 e. The molecule has 0 saturated heterocycles. The highest BCUT2D eigenvalue weighted by molar-refractivity contribution is 9.10. The third-order valence-electron chi connectivity index (χ3n) is 4.07. The first kappa shape index (κ1) is 14.2. The highest BCUT2D eigenvalue weighted by atomic mass is 79.9. The summed E-state index contributed by atoms with van der Waals surface area (Å²) in [5.41, 5.74) is 3.24. The molecule has 0 aliphatic rings. The van der Waals surface area contributed by atoms with Crippen molar-refractivity contribution in [1.29, 1.82) is 0 Å². The molecule has 2 aromatic carbocycles. The van der Waals surface area contributed by atoms with E-state index >= 15 is 0 Å². The molecule has 23 heavy (non-hydrogen) atoms. The number of aromatic nitrogens is 3. The number of hydrogen-bond donors (Lipinski definition) is 0. The van der Waals surface area contributed by atoms with E-state index in [4.69, 9.17) is 4.74 Å². The molecule has 0 N–H and O–H groups in total. The molecule has 4 aromatic rings. The molecule has 5 heteroatoms. The SMILES string of the molecule is COc1cc2ncnc(-n3ccc4c(C)cccc43)c2cc1Br. The normalized spacial score (nSPS) is 11.3. The average Bonchev–Trinajstić information content (AvgIpc) is 2.99. The second-order valence-electron chi connectivity index (χ2n) is 5.39. The van der Waals surface area contributed by atoms with Gasteiger partial charge in [-0.05, 0) is 46.6 Å². The minimum atomic E-state index is 0.760. The molecule has 0 bridgehead atoms. The van der Waals surface area contributed by atoms with Crippen LogP contribution in [0.4, 0.5) is 0 Å². The molecule has 0 fully saturated rings. The molecule has 0 aliphatic heterocycles. The first-order valence-electron chi connectivity index (χ1n) is 7.24. The van der Waals surface area contributed by atoms with E-state index in [1.165, 1.54) is 10.9 Å².